The third kappa shape index (κ3) is 4.48. The normalized spacial score (nSPS) is 16.9. The molecule has 2 heterocycles. The van der Waals surface area contributed by atoms with Crippen LogP contribution in [-0.2, 0) is 9.59 Å². The Morgan fingerprint density at radius 2 is 1.74 bits per heavy atom. The van der Waals surface area contributed by atoms with Gasteiger partial charge >= 0.3 is 5.91 Å². The molecule has 8 nitrogen and oxygen atoms in total. The first-order chi connectivity index (χ1) is 18.6. The molecule has 1 aliphatic rings. The van der Waals surface area contributed by atoms with Gasteiger partial charge in [0.25, 0.3) is 5.78 Å². The number of aliphatic hydroxyl groups is 1. The van der Waals surface area contributed by atoms with Crippen LogP contribution in [0.1, 0.15) is 48.1 Å². The molecule has 2 N–H and O–H groups in total. The van der Waals surface area contributed by atoms with Crippen molar-refractivity contribution < 1.29 is 29.3 Å². The van der Waals surface area contributed by atoms with Crippen LogP contribution in [0.15, 0.2) is 60.2 Å². The maximum absolute atomic E-state index is 13.6. The predicted octanol–water partition coefficient (Wildman–Crippen LogP) is 6.08. The van der Waals surface area contributed by atoms with E-state index in [0.29, 0.717) is 38.8 Å². The maximum atomic E-state index is 13.6. The molecule has 1 aliphatic heterocycles. The summed E-state index contributed by atoms with van der Waals surface area (Å²) < 4.78 is 11.6. The summed E-state index contributed by atoms with van der Waals surface area (Å²) in [7, 11) is 3.16. The van der Waals surface area contributed by atoms with E-state index in [1.165, 1.54) is 28.4 Å². The summed E-state index contributed by atoms with van der Waals surface area (Å²) >= 11 is 1.25. The van der Waals surface area contributed by atoms with Crippen molar-refractivity contribution in [1.29, 1.82) is 0 Å². The number of methoxy groups -OCH3 is 2. The van der Waals surface area contributed by atoms with E-state index >= 15 is 0 Å². The Hall–Kier alpha value is -4.37. The zero-order valence-electron chi connectivity index (χ0n) is 22.2. The van der Waals surface area contributed by atoms with E-state index < -0.39 is 17.7 Å². The van der Waals surface area contributed by atoms with Gasteiger partial charge in [0.1, 0.15) is 23.0 Å². The van der Waals surface area contributed by atoms with E-state index in [9.17, 15) is 19.8 Å². The topological polar surface area (TPSA) is 109 Å². The number of hydrogen-bond acceptors (Lipinski definition) is 8. The first-order valence-electron chi connectivity index (χ1n) is 12.4. The summed E-state index contributed by atoms with van der Waals surface area (Å²) in [6.45, 7) is 5.83. The number of ether oxygens (including phenoxy) is 2. The highest BCUT2D eigenvalue weighted by molar-refractivity contribution is 7.22. The van der Waals surface area contributed by atoms with Crippen LogP contribution in [0.3, 0.4) is 0 Å². The number of carbonyl (C=O) groups excluding carboxylic acids is 2. The quantitative estimate of drug-likeness (QED) is 0.172. The van der Waals surface area contributed by atoms with Crippen LogP contribution >= 0.6 is 11.3 Å². The molecule has 5 rings (SSSR count). The molecule has 1 fully saturated rings. The Morgan fingerprint density at radius 3 is 2.38 bits per heavy atom. The lowest BCUT2D eigenvalue weighted by molar-refractivity contribution is -0.132. The smallest absolute Gasteiger partial charge is 0.301 e. The lowest BCUT2D eigenvalue weighted by Crippen LogP contribution is -2.29. The number of anilines is 1. The number of hydrogen-bond donors (Lipinski definition) is 2. The Labute approximate surface area is 229 Å². The van der Waals surface area contributed by atoms with Crippen LogP contribution in [0.4, 0.5) is 5.13 Å². The molecule has 4 aromatic rings. The Kier molecular flexibility index (Phi) is 6.78. The number of aromatic nitrogens is 1. The van der Waals surface area contributed by atoms with Gasteiger partial charge in [0, 0.05) is 5.56 Å². The number of thiazole rings is 1. The minimum Gasteiger partial charge on any atom is -0.508 e. The van der Waals surface area contributed by atoms with Gasteiger partial charge in [0.2, 0.25) is 0 Å². The lowest BCUT2D eigenvalue weighted by Gasteiger charge is -2.23. The number of phenolic OH excluding ortho intramolecular Hbond substituents is 1. The van der Waals surface area contributed by atoms with E-state index in [0.717, 1.165) is 10.3 Å². The van der Waals surface area contributed by atoms with Crippen molar-refractivity contribution in [3.05, 3.63) is 82.4 Å². The number of aromatic hydroxyl groups is 1. The Balaban J connectivity index is 1.74. The molecule has 0 saturated carbocycles. The van der Waals surface area contributed by atoms with Gasteiger partial charge in [-0.2, -0.15) is 0 Å². The molecular weight excluding hydrogens is 516 g/mol. The summed E-state index contributed by atoms with van der Waals surface area (Å²) in [6.07, 6.45) is 0. The molecule has 0 radical (unpaired) electrons. The number of ketones is 1. The van der Waals surface area contributed by atoms with Gasteiger partial charge in [-0.05, 0) is 72.0 Å². The summed E-state index contributed by atoms with van der Waals surface area (Å²) in [4.78, 5) is 33.1. The number of aliphatic hydroxyl groups excluding tert-OH is 1. The summed E-state index contributed by atoms with van der Waals surface area (Å²) in [5.41, 5.74) is 3.13. The molecule has 1 unspecified atom stereocenters. The highest BCUT2D eigenvalue weighted by Gasteiger charge is 2.48. The second kappa shape index (κ2) is 10.1. The largest absolute Gasteiger partial charge is 0.508 e. The molecule has 39 heavy (non-hydrogen) atoms. The van der Waals surface area contributed by atoms with Crippen LogP contribution in [0, 0.1) is 6.92 Å². The highest BCUT2D eigenvalue weighted by Crippen LogP contribution is 2.45. The molecule has 200 valence electrons. The molecule has 1 amide bonds. The minimum absolute atomic E-state index is 0.0374. The van der Waals surface area contributed by atoms with E-state index in [2.05, 4.69) is 4.98 Å². The van der Waals surface area contributed by atoms with Gasteiger partial charge in [-0.25, -0.2) is 4.98 Å². The average Bonchev–Trinajstić information content (AvgIpc) is 3.45. The van der Waals surface area contributed by atoms with Gasteiger partial charge in [0.15, 0.2) is 5.13 Å². The summed E-state index contributed by atoms with van der Waals surface area (Å²) in [5, 5.41) is 21.9. The number of nitrogens with zero attached hydrogens (tertiary/aromatic N) is 2. The van der Waals surface area contributed by atoms with Gasteiger partial charge < -0.3 is 19.7 Å². The van der Waals surface area contributed by atoms with Crippen molar-refractivity contribution >= 4 is 44.1 Å². The molecule has 3 aromatic carbocycles. The van der Waals surface area contributed by atoms with Crippen molar-refractivity contribution in [2.24, 2.45) is 0 Å². The second-order valence-electron chi connectivity index (χ2n) is 9.65. The van der Waals surface area contributed by atoms with E-state index in [1.807, 2.05) is 32.9 Å². The minimum atomic E-state index is -0.961. The number of amides is 1. The van der Waals surface area contributed by atoms with Crippen LogP contribution < -0.4 is 14.4 Å². The lowest BCUT2D eigenvalue weighted by atomic mass is 9.91. The van der Waals surface area contributed by atoms with E-state index in [-0.39, 0.29) is 23.0 Å². The van der Waals surface area contributed by atoms with Crippen molar-refractivity contribution in [3.8, 4) is 17.2 Å². The zero-order chi connectivity index (χ0) is 28.0. The summed E-state index contributed by atoms with van der Waals surface area (Å²) in [6, 6.07) is 14.3. The van der Waals surface area contributed by atoms with E-state index in [1.54, 1.807) is 44.6 Å². The fraction of sp³-hybridized carbons (Fsp3) is 0.233. The molecule has 1 atom stereocenters. The monoisotopic (exact) mass is 544 g/mol. The van der Waals surface area contributed by atoms with Gasteiger partial charge in [0.05, 0.1) is 36.1 Å². The van der Waals surface area contributed by atoms with Gasteiger partial charge in [-0.1, -0.05) is 37.3 Å². The van der Waals surface area contributed by atoms with Crippen LogP contribution in [0.2, 0.25) is 0 Å². The number of fused-ring (bicyclic) bond motifs is 1. The van der Waals surface area contributed by atoms with Crippen molar-refractivity contribution in [3.63, 3.8) is 0 Å². The zero-order valence-corrected chi connectivity index (χ0v) is 23.0. The standard InChI is InChI=1S/C30H28N2O6S/c1-15(2)20-14-21(16(3)12-23(20)38-5)27(34)25-26(17-6-8-18(33)9-7-17)32(29(36)28(25)35)30-31-22-11-10-19(37-4)13-24(22)39-30/h6-15,26,33-34H,1-5H3/b27-25+. The average molecular weight is 545 g/mol. The molecule has 0 aliphatic carbocycles. The fourth-order valence-corrected chi connectivity index (χ4v) is 5.87. The first-order valence-corrected chi connectivity index (χ1v) is 13.2. The molecule has 1 aromatic heterocycles. The number of Topliss-reactive ketones (excluding diaryl/α,β-unsaturated/α-hetero) is 1. The number of benzene rings is 3. The highest BCUT2D eigenvalue weighted by atomic mass is 32.1. The van der Waals surface area contributed by atoms with Crippen LogP contribution in [0.25, 0.3) is 16.0 Å². The SMILES string of the molecule is COc1ccc2nc(N3C(=O)C(=O)/C(=C(/O)c4cc(C(C)C)c(OC)cc4C)C3c3ccc(O)cc3)sc2c1. The number of phenols is 1. The molecular formula is C30H28N2O6S. The predicted molar refractivity (Wildman–Crippen MR) is 151 cm³/mol. The van der Waals surface area contributed by atoms with Gasteiger partial charge in [-0.3, -0.25) is 14.5 Å². The molecule has 0 bridgehead atoms. The first kappa shape index (κ1) is 26.2. The third-order valence-corrected chi connectivity index (χ3v) is 7.91. The van der Waals surface area contributed by atoms with Crippen molar-refractivity contribution in [1.82, 2.24) is 4.98 Å². The maximum Gasteiger partial charge on any atom is 0.301 e. The number of carbonyl (C=O) groups is 2. The van der Waals surface area contributed by atoms with Crippen LogP contribution in [0.5, 0.6) is 17.2 Å². The molecule has 1 saturated heterocycles. The number of aryl methyl sites for hydroxylation is 1. The number of rotatable bonds is 6. The Morgan fingerprint density at radius 1 is 1.03 bits per heavy atom. The van der Waals surface area contributed by atoms with Crippen LogP contribution in [-0.4, -0.2) is 41.1 Å². The fourth-order valence-electron chi connectivity index (χ4n) is 4.85. The molecule has 9 heteroatoms. The van der Waals surface area contributed by atoms with Crippen molar-refractivity contribution in [2.75, 3.05) is 19.1 Å². The second-order valence-corrected chi connectivity index (χ2v) is 10.7. The van der Waals surface area contributed by atoms with E-state index in [4.69, 9.17) is 9.47 Å². The summed E-state index contributed by atoms with van der Waals surface area (Å²) in [5.74, 6) is -0.443. The van der Waals surface area contributed by atoms with Gasteiger partial charge in [-0.15, -0.1) is 0 Å². The van der Waals surface area contributed by atoms with Crippen molar-refractivity contribution in [2.45, 2.75) is 32.7 Å². The third-order valence-electron chi connectivity index (χ3n) is 6.90. The molecule has 0 spiro atoms. The Bertz CT molecular complexity index is 1640.